The van der Waals surface area contributed by atoms with Gasteiger partial charge in [0.1, 0.15) is 11.5 Å². The summed E-state index contributed by atoms with van der Waals surface area (Å²) < 4.78 is 20.5. The zero-order chi connectivity index (χ0) is 35.1. The second kappa shape index (κ2) is 17.0. The van der Waals surface area contributed by atoms with E-state index >= 15 is 0 Å². The van der Waals surface area contributed by atoms with Gasteiger partial charge in [-0.3, -0.25) is 29.0 Å². The minimum Gasteiger partial charge on any atom is -0.463 e. The monoisotopic (exact) mass is 786 g/mol. The van der Waals surface area contributed by atoms with E-state index in [1.807, 2.05) is 0 Å². The number of esters is 2. The summed E-state index contributed by atoms with van der Waals surface area (Å²) >= 11 is 35.4. The third-order valence-corrected chi connectivity index (χ3v) is 8.69. The van der Waals surface area contributed by atoms with Crippen LogP contribution >= 0.6 is 69.6 Å². The van der Waals surface area contributed by atoms with Crippen LogP contribution in [0, 0.1) is 0 Å². The van der Waals surface area contributed by atoms with Crippen molar-refractivity contribution in [2.75, 3.05) is 52.7 Å². The van der Waals surface area contributed by atoms with Gasteiger partial charge in [0.2, 0.25) is 23.6 Å². The van der Waals surface area contributed by atoms with Gasteiger partial charge >= 0.3 is 11.9 Å². The van der Waals surface area contributed by atoms with Crippen molar-refractivity contribution in [2.45, 2.75) is 11.1 Å². The Hall–Kier alpha value is -3.08. The van der Waals surface area contributed by atoms with Crippen molar-refractivity contribution in [1.82, 2.24) is 19.6 Å². The molecule has 20 heteroatoms. The molecular formula is C28H24Cl6N4O10. The smallest absolute Gasteiger partial charge is 0.365 e. The number of alkyl halides is 2. The van der Waals surface area contributed by atoms with Gasteiger partial charge in [-0.05, 0) is 24.3 Å². The third kappa shape index (κ3) is 10.2. The number of rotatable bonds is 13. The highest BCUT2D eigenvalue weighted by atomic mass is 35.5. The van der Waals surface area contributed by atoms with Gasteiger partial charge in [-0.2, -0.15) is 0 Å². The fourth-order valence-electron chi connectivity index (χ4n) is 4.21. The Kier molecular flexibility index (Phi) is 13.4. The van der Waals surface area contributed by atoms with Crippen LogP contribution < -0.4 is 9.47 Å². The first kappa shape index (κ1) is 37.7. The zero-order valence-corrected chi connectivity index (χ0v) is 29.0. The average molecular weight is 789 g/mol. The number of carbonyl (C=O) groups excluding carboxylic acids is 6. The summed E-state index contributed by atoms with van der Waals surface area (Å²) in [7, 11) is 0. The Balaban J connectivity index is 1.17. The van der Waals surface area contributed by atoms with Gasteiger partial charge in [-0.25, -0.2) is 19.4 Å². The van der Waals surface area contributed by atoms with Crippen LogP contribution in [-0.2, 0) is 38.2 Å². The maximum absolute atomic E-state index is 12.6. The molecule has 2 heterocycles. The van der Waals surface area contributed by atoms with Gasteiger partial charge in [0.15, 0.2) is 13.5 Å². The molecule has 2 aliphatic rings. The summed E-state index contributed by atoms with van der Waals surface area (Å²) in [5, 5.41) is 0.887. The molecule has 0 spiro atoms. The van der Waals surface area contributed by atoms with E-state index in [0.29, 0.717) is 0 Å². The first-order valence-electron chi connectivity index (χ1n) is 13.7. The Morgan fingerprint density at radius 3 is 1.23 bits per heavy atom. The van der Waals surface area contributed by atoms with E-state index in [1.54, 1.807) is 0 Å². The van der Waals surface area contributed by atoms with Crippen LogP contribution in [0.3, 0.4) is 0 Å². The van der Waals surface area contributed by atoms with Crippen molar-refractivity contribution >= 4 is 105 Å². The van der Waals surface area contributed by atoms with Crippen molar-refractivity contribution in [1.29, 1.82) is 0 Å². The fraction of sp³-hybridized carbons (Fsp3) is 0.357. The number of piperazine rings is 2. The molecule has 0 N–H and O–H groups in total. The SMILES string of the molecule is O=C(OCN1C(=O)CN(CCN2CC(=O)N(COC(=O)C(Cl)Oc3ccc(Cl)c(Cl)c3)C(=O)C2)CC1=O)C(Cl)Oc1ccc(Cl)c(Cl)c1. The Bertz CT molecular complexity index is 1450. The third-order valence-electron chi connectivity index (χ3n) is 6.68. The highest BCUT2D eigenvalue weighted by molar-refractivity contribution is 6.42. The molecule has 0 radical (unpaired) electrons. The highest BCUT2D eigenvalue weighted by Gasteiger charge is 2.35. The summed E-state index contributed by atoms with van der Waals surface area (Å²) in [5.41, 5.74) is -3.20. The summed E-state index contributed by atoms with van der Waals surface area (Å²) in [6.07, 6.45) is 0. The van der Waals surface area contributed by atoms with E-state index in [1.165, 1.54) is 46.2 Å². The lowest BCUT2D eigenvalue weighted by molar-refractivity contribution is -0.168. The predicted octanol–water partition coefficient (Wildman–Crippen LogP) is 3.23. The molecule has 0 aromatic heterocycles. The van der Waals surface area contributed by atoms with Crippen LogP contribution in [0.4, 0.5) is 0 Å². The number of benzene rings is 2. The van der Waals surface area contributed by atoms with Gasteiger partial charge in [-0.15, -0.1) is 0 Å². The minimum atomic E-state index is -1.60. The van der Waals surface area contributed by atoms with Crippen molar-refractivity contribution in [3.05, 3.63) is 56.5 Å². The first-order valence-corrected chi connectivity index (χ1v) is 16.1. The summed E-state index contributed by atoms with van der Waals surface area (Å²) in [4.78, 5) is 79.6. The van der Waals surface area contributed by atoms with Crippen molar-refractivity contribution < 1.29 is 47.7 Å². The Morgan fingerprint density at radius 2 is 0.917 bits per heavy atom. The number of hydrogen-bond donors (Lipinski definition) is 0. The molecule has 2 aliphatic heterocycles. The molecule has 0 bridgehead atoms. The number of carbonyl (C=O) groups is 6. The molecule has 2 saturated heterocycles. The fourth-order valence-corrected chi connectivity index (χ4v) is 5.11. The lowest BCUT2D eigenvalue weighted by Gasteiger charge is -2.35. The maximum Gasteiger partial charge on any atom is 0.365 e. The number of hydrogen-bond acceptors (Lipinski definition) is 12. The molecule has 258 valence electrons. The lowest BCUT2D eigenvalue weighted by Crippen LogP contribution is -2.58. The predicted molar refractivity (Wildman–Crippen MR) is 172 cm³/mol. The molecule has 2 atom stereocenters. The normalized spacial score (nSPS) is 17.3. The topological polar surface area (TPSA) is 152 Å². The standard InChI is InChI=1S/C28H24Cl6N4O10/c29-17-3-1-15(7-19(17)31)47-25(33)27(43)45-13-37-21(39)9-35(10-22(37)40)5-6-36-11-23(41)38(24(42)12-36)14-46-28(44)26(34)48-16-2-4-18(30)20(32)8-16/h1-4,7-8,25-26H,5-6,9-14H2. The molecule has 14 nitrogen and oxygen atoms in total. The number of amides is 4. The van der Waals surface area contributed by atoms with Crippen LogP contribution in [-0.4, -0.2) is 119 Å². The van der Waals surface area contributed by atoms with Crippen molar-refractivity contribution in [2.24, 2.45) is 0 Å². The quantitative estimate of drug-likeness (QED) is 0.167. The van der Waals surface area contributed by atoms with Crippen molar-refractivity contribution in [3.63, 3.8) is 0 Å². The number of nitrogens with zero attached hydrogens (tertiary/aromatic N) is 4. The zero-order valence-electron chi connectivity index (χ0n) is 24.4. The Morgan fingerprint density at radius 1 is 0.583 bits per heavy atom. The number of halogens is 6. The van der Waals surface area contributed by atoms with E-state index in [2.05, 4.69) is 0 Å². The summed E-state index contributed by atoms with van der Waals surface area (Å²) in [6.45, 7) is -1.85. The van der Waals surface area contributed by atoms with Crippen LogP contribution in [0.15, 0.2) is 36.4 Å². The summed E-state index contributed by atoms with van der Waals surface area (Å²) in [6, 6.07) is 8.44. The van der Waals surface area contributed by atoms with E-state index in [-0.39, 0.29) is 70.9 Å². The molecule has 0 saturated carbocycles. The summed E-state index contributed by atoms with van der Waals surface area (Å²) in [5.74, 6) is -4.39. The molecule has 2 fully saturated rings. The highest BCUT2D eigenvalue weighted by Crippen LogP contribution is 2.28. The van der Waals surface area contributed by atoms with E-state index < -0.39 is 60.2 Å². The molecule has 4 amide bonds. The minimum absolute atomic E-state index is 0.141. The average Bonchev–Trinajstić information content (AvgIpc) is 3.02. The second-order valence-electron chi connectivity index (χ2n) is 10.1. The van der Waals surface area contributed by atoms with Crippen molar-refractivity contribution in [3.8, 4) is 11.5 Å². The van der Waals surface area contributed by atoms with Gasteiger partial charge < -0.3 is 18.9 Å². The largest absolute Gasteiger partial charge is 0.463 e. The van der Waals surface area contributed by atoms with Gasteiger partial charge in [0.25, 0.3) is 11.1 Å². The van der Waals surface area contributed by atoms with E-state index in [0.717, 1.165) is 9.80 Å². The molecule has 0 aliphatic carbocycles. The van der Waals surface area contributed by atoms with E-state index in [4.69, 9.17) is 88.6 Å². The second-order valence-corrected chi connectivity index (χ2v) is 12.5. The van der Waals surface area contributed by atoms with Crippen LogP contribution in [0.2, 0.25) is 20.1 Å². The van der Waals surface area contributed by atoms with Crippen LogP contribution in [0.5, 0.6) is 11.5 Å². The molecule has 2 unspecified atom stereocenters. The van der Waals surface area contributed by atoms with Gasteiger partial charge in [0.05, 0.1) is 46.3 Å². The van der Waals surface area contributed by atoms with Gasteiger partial charge in [0, 0.05) is 25.2 Å². The van der Waals surface area contributed by atoms with Crippen LogP contribution in [0.1, 0.15) is 0 Å². The van der Waals surface area contributed by atoms with Crippen LogP contribution in [0.25, 0.3) is 0 Å². The molecular weight excluding hydrogens is 765 g/mol. The lowest BCUT2D eigenvalue weighted by atomic mass is 10.2. The molecule has 4 rings (SSSR count). The van der Waals surface area contributed by atoms with Gasteiger partial charge in [-0.1, -0.05) is 69.6 Å². The number of imide groups is 2. The first-order chi connectivity index (χ1) is 22.7. The Labute approximate surface area is 303 Å². The maximum atomic E-state index is 12.6. The van der Waals surface area contributed by atoms with E-state index in [9.17, 15) is 28.8 Å². The molecule has 2 aromatic rings. The number of ether oxygens (including phenoxy) is 4. The molecule has 2 aromatic carbocycles. The molecule has 48 heavy (non-hydrogen) atoms.